The van der Waals surface area contributed by atoms with Crippen LogP contribution in [-0.2, 0) is 25.0 Å². The highest BCUT2D eigenvalue weighted by Gasteiger charge is 2.48. The van der Waals surface area contributed by atoms with E-state index in [0.29, 0.717) is 19.8 Å². The molecule has 3 nitrogen and oxygen atoms in total. The van der Waals surface area contributed by atoms with Crippen molar-refractivity contribution in [2.75, 3.05) is 19.8 Å². The molecule has 0 N–H and O–H groups in total. The van der Waals surface area contributed by atoms with E-state index in [2.05, 4.69) is 56.1 Å². The minimum absolute atomic E-state index is 0.0553. The van der Waals surface area contributed by atoms with Crippen LogP contribution in [-0.4, -0.2) is 33.1 Å². The first-order valence-electron chi connectivity index (χ1n) is 7.31. The first-order valence-corrected chi connectivity index (χ1v) is 11.1. The van der Waals surface area contributed by atoms with Crippen LogP contribution in [0.4, 0.5) is 0 Å². The third-order valence-electron chi connectivity index (χ3n) is 3.01. The Labute approximate surface area is 146 Å². The number of alkyl halides is 2. The van der Waals surface area contributed by atoms with Crippen LogP contribution in [0.25, 0.3) is 0 Å². The van der Waals surface area contributed by atoms with Crippen molar-refractivity contribution < 1.29 is 13.3 Å². The number of hydrogen-bond donors (Lipinski definition) is 0. The molecule has 0 radical (unpaired) electrons. The second-order valence-electron chi connectivity index (χ2n) is 4.52. The largest absolute Gasteiger partial charge is 0.515 e. The Balaban J connectivity index is 2.84. The van der Waals surface area contributed by atoms with E-state index in [1.165, 1.54) is 11.1 Å². The highest BCUT2D eigenvalue weighted by atomic mass is 79.9. The van der Waals surface area contributed by atoms with E-state index in [9.17, 15) is 0 Å². The summed E-state index contributed by atoms with van der Waals surface area (Å²) in [4.78, 5) is 0. The van der Waals surface area contributed by atoms with Crippen LogP contribution >= 0.6 is 31.9 Å². The van der Waals surface area contributed by atoms with Gasteiger partial charge in [0.25, 0.3) is 0 Å². The fourth-order valence-electron chi connectivity index (χ4n) is 2.10. The van der Waals surface area contributed by atoms with Crippen molar-refractivity contribution in [3.63, 3.8) is 0 Å². The quantitative estimate of drug-likeness (QED) is 0.397. The topological polar surface area (TPSA) is 27.7 Å². The van der Waals surface area contributed by atoms with Gasteiger partial charge in [-0.3, -0.25) is 0 Å². The summed E-state index contributed by atoms with van der Waals surface area (Å²) in [6.07, 6.45) is 0.828. The van der Waals surface area contributed by atoms with E-state index in [1.807, 2.05) is 20.8 Å². The van der Waals surface area contributed by atoms with Gasteiger partial charge >= 0.3 is 8.80 Å². The molecule has 0 heterocycles. The molecule has 0 aromatic heterocycles. The van der Waals surface area contributed by atoms with Gasteiger partial charge in [-0.1, -0.05) is 56.1 Å². The van der Waals surface area contributed by atoms with Crippen molar-refractivity contribution in [1.29, 1.82) is 0 Å². The molecule has 0 fully saturated rings. The Hall–Kier alpha value is 0.277. The molecule has 0 aliphatic heterocycles. The first kappa shape index (κ1) is 19.3. The zero-order chi connectivity index (χ0) is 15.7. The van der Waals surface area contributed by atoms with Crippen LogP contribution in [0.15, 0.2) is 24.3 Å². The van der Waals surface area contributed by atoms with Crippen molar-refractivity contribution in [3.05, 3.63) is 35.4 Å². The molecule has 1 unspecified atom stereocenters. The second kappa shape index (κ2) is 10.1. The summed E-state index contributed by atoms with van der Waals surface area (Å²) in [6.45, 7) is 7.71. The smallest absolute Gasteiger partial charge is 0.373 e. The maximum atomic E-state index is 5.93. The fraction of sp³-hybridized carbons (Fsp3) is 0.600. The van der Waals surface area contributed by atoms with E-state index in [1.54, 1.807) is 0 Å². The molecule has 120 valence electrons. The molecule has 6 heteroatoms. The maximum absolute atomic E-state index is 5.93. The Morgan fingerprint density at radius 1 is 0.905 bits per heavy atom. The molecule has 0 amide bonds. The van der Waals surface area contributed by atoms with Crippen molar-refractivity contribution in [1.82, 2.24) is 0 Å². The summed E-state index contributed by atoms with van der Waals surface area (Å²) in [7, 11) is -2.70. The van der Waals surface area contributed by atoms with Gasteiger partial charge in [-0.05, 0) is 38.3 Å². The molecule has 0 spiro atoms. The highest BCUT2D eigenvalue weighted by molar-refractivity contribution is 9.10. The Bertz CT molecular complexity index is 383. The van der Waals surface area contributed by atoms with E-state index in [0.717, 1.165) is 11.8 Å². The first-order chi connectivity index (χ1) is 10.1. The third-order valence-corrected chi connectivity index (χ3v) is 8.71. The normalized spacial score (nSPS) is 13.4. The second-order valence-corrected chi connectivity index (χ2v) is 9.81. The summed E-state index contributed by atoms with van der Waals surface area (Å²) in [5.41, 5.74) is 2.52. The van der Waals surface area contributed by atoms with Gasteiger partial charge in [0.05, 0.1) is 4.45 Å². The van der Waals surface area contributed by atoms with E-state index >= 15 is 0 Å². The lowest BCUT2D eigenvalue weighted by Crippen LogP contribution is -2.55. The zero-order valence-corrected chi connectivity index (χ0v) is 17.1. The van der Waals surface area contributed by atoms with Crippen LogP contribution in [0.1, 0.15) is 31.9 Å². The van der Waals surface area contributed by atoms with Crippen molar-refractivity contribution in [3.8, 4) is 0 Å². The van der Waals surface area contributed by atoms with Gasteiger partial charge in [-0.25, -0.2) is 0 Å². The lowest BCUT2D eigenvalue weighted by molar-refractivity contribution is 0.0700. The average molecular weight is 440 g/mol. The minimum Gasteiger partial charge on any atom is -0.373 e. The fourth-order valence-corrected chi connectivity index (χ4v) is 6.52. The summed E-state index contributed by atoms with van der Waals surface area (Å²) in [6, 6.07) is 8.56. The van der Waals surface area contributed by atoms with Gasteiger partial charge < -0.3 is 13.3 Å². The molecule has 1 rings (SSSR count). The molecular formula is C15H24Br2O3Si. The molecule has 1 aromatic carbocycles. The minimum atomic E-state index is -2.70. The summed E-state index contributed by atoms with van der Waals surface area (Å²) < 4.78 is 17.8. The summed E-state index contributed by atoms with van der Waals surface area (Å²) >= 11 is 7.22. The van der Waals surface area contributed by atoms with Crippen LogP contribution in [0.5, 0.6) is 0 Å². The number of halogens is 2. The summed E-state index contributed by atoms with van der Waals surface area (Å²) in [5.74, 6) is 0. The monoisotopic (exact) mass is 438 g/mol. The van der Waals surface area contributed by atoms with Gasteiger partial charge in [0, 0.05) is 25.2 Å². The molecule has 0 bridgehead atoms. The average Bonchev–Trinajstić information content (AvgIpc) is 2.48. The van der Waals surface area contributed by atoms with Crippen molar-refractivity contribution in [2.24, 2.45) is 0 Å². The van der Waals surface area contributed by atoms with Gasteiger partial charge in [-0.2, -0.15) is 0 Å². The molecule has 21 heavy (non-hydrogen) atoms. The predicted molar refractivity (Wildman–Crippen MR) is 96.1 cm³/mol. The predicted octanol–water partition coefficient (Wildman–Crippen LogP) is 4.48. The standard InChI is InChI=1S/C15H24Br2O3Si/c1-4-18-21(19-5-2,20-6-3)15(17)11-13-7-9-14(12-16)10-8-13/h7-10,15H,4-6,11-12H2,1-3H3. The van der Waals surface area contributed by atoms with Gasteiger partial charge in [-0.15, -0.1) is 0 Å². The van der Waals surface area contributed by atoms with E-state index in [4.69, 9.17) is 13.3 Å². The lowest BCUT2D eigenvalue weighted by Gasteiger charge is -2.32. The Morgan fingerprint density at radius 2 is 1.33 bits per heavy atom. The molecular weight excluding hydrogens is 416 g/mol. The van der Waals surface area contributed by atoms with Gasteiger partial charge in [0.2, 0.25) is 0 Å². The zero-order valence-electron chi connectivity index (χ0n) is 12.9. The maximum Gasteiger partial charge on any atom is 0.515 e. The van der Waals surface area contributed by atoms with Crippen LogP contribution in [0.3, 0.4) is 0 Å². The Kier molecular flexibility index (Phi) is 9.32. The van der Waals surface area contributed by atoms with Crippen LogP contribution < -0.4 is 0 Å². The van der Waals surface area contributed by atoms with E-state index in [-0.39, 0.29) is 4.45 Å². The van der Waals surface area contributed by atoms with Gasteiger partial charge in [0.1, 0.15) is 0 Å². The van der Waals surface area contributed by atoms with Crippen LogP contribution in [0.2, 0.25) is 0 Å². The molecule has 1 aromatic rings. The molecule has 0 saturated carbocycles. The third kappa shape index (κ3) is 5.77. The summed E-state index contributed by atoms with van der Waals surface area (Å²) in [5, 5.41) is 0.876. The van der Waals surface area contributed by atoms with Crippen molar-refractivity contribution >= 4 is 40.7 Å². The lowest BCUT2D eigenvalue weighted by atomic mass is 10.1. The number of rotatable bonds is 10. The molecule has 0 aliphatic rings. The van der Waals surface area contributed by atoms with Crippen LogP contribution in [0, 0.1) is 0 Å². The Morgan fingerprint density at radius 3 is 1.71 bits per heavy atom. The number of benzene rings is 1. The van der Waals surface area contributed by atoms with E-state index < -0.39 is 8.80 Å². The van der Waals surface area contributed by atoms with Gasteiger partial charge in [0.15, 0.2) is 0 Å². The number of hydrogen-bond acceptors (Lipinski definition) is 3. The molecule has 0 saturated heterocycles. The molecule has 1 atom stereocenters. The van der Waals surface area contributed by atoms with Crippen molar-refractivity contribution in [2.45, 2.75) is 37.0 Å². The SMILES string of the molecule is CCO[Si](OCC)(OCC)C(Br)Cc1ccc(CBr)cc1. The molecule has 0 aliphatic carbocycles. The highest BCUT2D eigenvalue weighted by Crippen LogP contribution is 2.25.